The summed E-state index contributed by atoms with van der Waals surface area (Å²) in [5, 5.41) is 12.5. The van der Waals surface area contributed by atoms with Gasteiger partial charge in [-0.1, -0.05) is 19.8 Å². The third-order valence-electron chi connectivity index (χ3n) is 10.1. The molecule has 0 radical (unpaired) electrons. The van der Waals surface area contributed by atoms with Crippen molar-refractivity contribution in [3.05, 3.63) is 91.9 Å². The number of morpholine rings is 1. The third-order valence-corrected chi connectivity index (χ3v) is 10.1. The van der Waals surface area contributed by atoms with Gasteiger partial charge < -0.3 is 19.7 Å². The van der Waals surface area contributed by atoms with Gasteiger partial charge >= 0.3 is 12.1 Å². The molecule has 4 atom stereocenters. The van der Waals surface area contributed by atoms with Gasteiger partial charge in [0.15, 0.2) is 0 Å². The Morgan fingerprint density at radius 3 is 2.25 bits per heavy atom. The summed E-state index contributed by atoms with van der Waals surface area (Å²) in [6.45, 7) is 9.74. The Labute approximate surface area is 305 Å². The highest BCUT2D eigenvalue weighted by Crippen LogP contribution is 2.37. The number of rotatable bonds is 12. The van der Waals surface area contributed by atoms with Crippen LogP contribution in [0, 0.1) is 43.2 Å². The van der Waals surface area contributed by atoms with E-state index in [9.17, 15) is 37.1 Å². The number of fused-ring (bicyclic) bond motifs is 2. The lowest BCUT2D eigenvalue weighted by Crippen LogP contribution is -2.46. The number of benzene rings is 2. The Morgan fingerprint density at radius 1 is 1.04 bits per heavy atom. The summed E-state index contributed by atoms with van der Waals surface area (Å²) < 4.78 is 79.7. The molecule has 2 saturated heterocycles. The standard InChI is InChI=1S/C40H44F5N3O5/c1-6-7-25-15-33(42)31(16-30(25)38-23(4)13-27(41)14-24(38)5)34(18-37(50)51)46-39(52)35(12-22(2)3)48-19-26(32(17-36(48)49)40(43,44)45)10-11-47-28-8-9-29(47)21-53-20-28/h13-17,19,22,28-29,34-35H,8-12,18,20-21H2,1-5H3,(H,46,52)(H,50,51)/t28?,29?,34-,35+/m0/s1. The van der Waals surface area contributed by atoms with Gasteiger partial charge in [0.1, 0.15) is 17.7 Å². The van der Waals surface area contributed by atoms with Crippen LogP contribution in [0.15, 0.2) is 41.3 Å². The summed E-state index contributed by atoms with van der Waals surface area (Å²) in [6, 6.07) is 3.02. The Bertz CT molecular complexity index is 1960. The van der Waals surface area contributed by atoms with E-state index in [2.05, 4.69) is 22.1 Å². The number of carbonyl (C=O) groups is 2. The van der Waals surface area contributed by atoms with Crippen molar-refractivity contribution >= 4 is 11.9 Å². The molecule has 2 aliphatic heterocycles. The van der Waals surface area contributed by atoms with Crippen molar-refractivity contribution in [2.75, 3.05) is 19.8 Å². The number of aromatic nitrogens is 1. The third kappa shape index (κ3) is 8.99. The number of aliphatic carboxylic acids is 1. The molecule has 1 amide bonds. The summed E-state index contributed by atoms with van der Waals surface area (Å²) in [4.78, 5) is 41.9. The number of alkyl halides is 3. The van der Waals surface area contributed by atoms with Crippen LogP contribution in [0.1, 0.15) is 91.9 Å². The van der Waals surface area contributed by atoms with Crippen molar-refractivity contribution in [3.63, 3.8) is 0 Å². The summed E-state index contributed by atoms with van der Waals surface area (Å²) in [5.41, 5.74) is -0.223. The van der Waals surface area contributed by atoms with Gasteiger partial charge in [-0.3, -0.25) is 19.3 Å². The first-order valence-corrected chi connectivity index (χ1v) is 17.7. The van der Waals surface area contributed by atoms with Crippen LogP contribution in [-0.4, -0.2) is 58.3 Å². The molecule has 5 rings (SSSR count). The number of amides is 1. The van der Waals surface area contributed by atoms with Crippen LogP contribution in [0.25, 0.3) is 11.1 Å². The predicted molar refractivity (Wildman–Crippen MR) is 189 cm³/mol. The van der Waals surface area contributed by atoms with Crippen molar-refractivity contribution < 1.29 is 41.4 Å². The number of carboxylic acids is 1. The molecule has 2 aliphatic rings. The summed E-state index contributed by atoms with van der Waals surface area (Å²) in [5.74, 6) is 1.78. The number of pyridine rings is 1. The zero-order chi connectivity index (χ0) is 38.8. The number of nitrogens with one attached hydrogen (secondary N) is 1. The fraction of sp³-hybridized carbons (Fsp3) is 0.475. The maximum absolute atomic E-state index is 15.9. The molecule has 284 valence electrons. The highest BCUT2D eigenvalue weighted by molar-refractivity contribution is 5.82. The van der Waals surface area contributed by atoms with Gasteiger partial charge in [0.2, 0.25) is 5.91 Å². The zero-order valence-electron chi connectivity index (χ0n) is 30.4. The van der Waals surface area contributed by atoms with E-state index < -0.39 is 59.3 Å². The van der Waals surface area contributed by atoms with Crippen LogP contribution in [0.3, 0.4) is 0 Å². The second-order valence-corrected chi connectivity index (χ2v) is 14.4. The Kier molecular flexibility index (Phi) is 12.1. The fourth-order valence-electron chi connectivity index (χ4n) is 7.74. The molecule has 2 unspecified atom stereocenters. The molecular formula is C40H44F5N3O5. The second-order valence-electron chi connectivity index (χ2n) is 14.4. The highest BCUT2D eigenvalue weighted by atomic mass is 19.4. The molecule has 53 heavy (non-hydrogen) atoms. The van der Waals surface area contributed by atoms with Crippen LogP contribution in [0.4, 0.5) is 22.0 Å². The molecule has 0 spiro atoms. The minimum absolute atomic E-state index is 0.0106. The van der Waals surface area contributed by atoms with Crippen molar-refractivity contribution in [2.45, 2.75) is 97.1 Å². The van der Waals surface area contributed by atoms with E-state index in [1.807, 2.05) is 0 Å². The van der Waals surface area contributed by atoms with E-state index in [-0.39, 0.29) is 47.5 Å². The topological polar surface area (TPSA) is 101 Å². The Hall–Kier alpha value is -4.54. The zero-order valence-corrected chi connectivity index (χ0v) is 30.4. The largest absolute Gasteiger partial charge is 0.481 e. The lowest BCUT2D eigenvalue weighted by molar-refractivity contribution is -0.139. The summed E-state index contributed by atoms with van der Waals surface area (Å²) in [6.07, 6.45) is -2.77. The molecule has 2 bridgehead atoms. The van der Waals surface area contributed by atoms with Gasteiger partial charge in [-0.05, 0) is 104 Å². The number of halogens is 5. The summed E-state index contributed by atoms with van der Waals surface area (Å²) >= 11 is 0. The van der Waals surface area contributed by atoms with Crippen LogP contribution < -0.4 is 10.9 Å². The molecule has 1 aromatic heterocycles. The fourth-order valence-corrected chi connectivity index (χ4v) is 7.74. The normalized spacial score (nSPS) is 18.4. The maximum atomic E-state index is 15.9. The lowest BCUT2D eigenvalue weighted by atomic mass is 9.88. The van der Waals surface area contributed by atoms with Crippen LogP contribution in [0.5, 0.6) is 0 Å². The molecule has 0 aliphatic carbocycles. The molecule has 13 heteroatoms. The number of hydrogen-bond acceptors (Lipinski definition) is 5. The van der Waals surface area contributed by atoms with E-state index in [4.69, 9.17) is 4.74 Å². The number of carbonyl (C=O) groups excluding carboxylic acids is 1. The summed E-state index contributed by atoms with van der Waals surface area (Å²) in [7, 11) is 0. The first-order valence-electron chi connectivity index (χ1n) is 17.7. The van der Waals surface area contributed by atoms with E-state index in [1.54, 1.807) is 34.6 Å². The Balaban J connectivity index is 1.55. The van der Waals surface area contributed by atoms with E-state index >= 15 is 4.39 Å². The van der Waals surface area contributed by atoms with Crippen LogP contribution >= 0.6 is 0 Å². The van der Waals surface area contributed by atoms with Gasteiger partial charge in [-0.2, -0.15) is 13.2 Å². The SMILES string of the molecule is CC#Cc1cc(F)c([C@H](CC(=O)O)NC(=O)[C@@H](CC(C)C)n2cc(CCN3C4CCC3COC4)c(C(F)(F)F)cc2=O)cc1-c1c(C)cc(F)cc1C. The highest BCUT2D eigenvalue weighted by Gasteiger charge is 2.39. The molecule has 2 N–H and O–H groups in total. The van der Waals surface area contributed by atoms with E-state index in [0.29, 0.717) is 48.1 Å². The van der Waals surface area contributed by atoms with E-state index in [0.717, 1.165) is 29.7 Å². The van der Waals surface area contributed by atoms with Crippen molar-refractivity contribution in [3.8, 4) is 23.0 Å². The average molecular weight is 742 g/mol. The number of ether oxygens (including phenoxy) is 1. The molecule has 2 fully saturated rings. The molecule has 3 aromatic rings. The molecule has 2 aromatic carbocycles. The molecular weight excluding hydrogens is 697 g/mol. The molecule has 3 heterocycles. The van der Waals surface area contributed by atoms with Gasteiger partial charge in [0, 0.05) is 42.0 Å². The van der Waals surface area contributed by atoms with Gasteiger partial charge in [-0.15, -0.1) is 5.92 Å². The lowest BCUT2D eigenvalue weighted by Gasteiger charge is -2.34. The Morgan fingerprint density at radius 2 is 1.68 bits per heavy atom. The van der Waals surface area contributed by atoms with Gasteiger partial charge in [-0.25, -0.2) is 8.78 Å². The van der Waals surface area contributed by atoms with Crippen molar-refractivity contribution in [2.24, 2.45) is 5.92 Å². The minimum Gasteiger partial charge on any atom is -0.481 e. The predicted octanol–water partition coefficient (Wildman–Crippen LogP) is 7.13. The maximum Gasteiger partial charge on any atom is 0.416 e. The number of hydrogen-bond donors (Lipinski definition) is 2. The van der Waals surface area contributed by atoms with Crippen LogP contribution in [0.2, 0.25) is 0 Å². The van der Waals surface area contributed by atoms with Gasteiger partial charge in [0.05, 0.1) is 31.2 Å². The number of nitrogens with zero attached hydrogens (tertiary/aromatic N) is 2. The first-order chi connectivity index (χ1) is 25.0. The minimum atomic E-state index is -4.83. The molecule has 0 saturated carbocycles. The van der Waals surface area contributed by atoms with Crippen molar-refractivity contribution in [1.29, 1.82) is 0 Å². The molecule has 8 nitrogen and oxygen atoms in total. The van der Waals surface area contributed by atoms with Crippen molar-refractivity contribution in [1.82, 2.24) is 14.8 Å². The van der Waals surface area contributed by atoms with Gasteiger partial charge in [0.25, 0.3) is 5.56 Å². The first kappa shape index (κ1) is 39.7. The second kappa shape index (κ2) is 16.2. The van der Waals surface area contributed by atoms with Crippen LogP contribution in [-0.2, 0) is 26.9 Å². The number of aryl methyl sites for hydroxylation is 2. The average Bonchev–Trinajstić information content (AvgIpc) is 3.26. The number of carboxylic acid groups (broad SMARTS) is 1. The monoisotopic (exact) mass is 741 g/mol. The quantitative estimate of drug-likeness (QED) is 0.152. The smallest absolute Gasteiger partial charge is 0.416 e. The van der Waals surface area contributed by atoms with E-state index in [1.165, 1.54) is 18.2 Å².